The second kappa shape index (κ2) is 4.62. The van der Waals surface area contributed by atoms with Gasteiger partial charge in [-0.1, -0.05) is 28.8 Å². The molecule has 1 fully saturated rings. The van der Waals surface area contributed by atoms with Crippen molar-refractivity contribution in [2.45, 2.75) is 44.2 Å². The minimum atomic E-state index is 0.127. The Morgan fingerprint density at radius 3 is 2.76 bits per heavy atom. The van der Waals surface area contributed by atoms with E-state index in [-0.39, 0.29) is 6.04 Å². The van der Waals surface area contributed by atoms with Gasteiger partial charge in [-0.2, -0.15) is 0 Å². The molecule has 0 saturated heterocycles. The largest absolute Gasteiger partial charge is 0.490 e. The fourth-order valence-electron chi connectivity index (χ4n) is 3.12. The molecule has 1 aromatic carbocycles. The fraction of sp³-hybridized carbons (Fsp3) is 0.571. The molecule has 92 valence electrons. The van der Waals surface area contributed by atoms with Crippen LogP contribution in [0.25, 0.3) is 0 Å². The Balaban J connectivity index is 1.84. The first kappa shape index (κ1) is 11.5. The molecule has 2 atom stereocenters. The molecule has 0 bridgehead atoms. The van der Waals surface area contributed by atoms with Crippen molar-refractivity contribution in [2.75, 3.05) is 0 Å². The third-order valence-corrected chi connectivity index (χ3v) is 4.55. The van der Waals surface area contributed by atoms with Crippen molar-refractivity contribution < 1.29 is 4.74 Å². The summed E-state index contributed by atoms with van der Waals surface area (Å²) < 4.78 is 7.22. The Kier molecular flexibility index (Phi) is 3.14. The highest BCUT2D eigenvalue weighted by atomic mass is 79.9. The molecule has 0 spiro atoms. The Morgan fingerprint density at radius 2 is 2.00 bits per heavy atom. The average Bonchev–Trinajstić information content (AvgIpc) is 2.83. The second-order valence-electron chi connectivity index (χ2n) is 5.23. The molecule has 0 amide bonds. The molecule has 2 nitrogen and oxygen atoms in total. The van der Waals surface area contributed by atoms with Crippen molar-refractivity contribution in [3.05, 3.63) is 28.2 Å². The van der Waals surface area contributed by atoms with Crippen LogP contribution in [0.5, 0.6) is 5.75 Å². The lowest BCUT2D eigenvalue weighted by Gasteiger charge is -2.33. The zero-order valence-electron chi connectivity index (χ0n) is 9.86. The summed E-state index contributed by atoms with van der Waals surface area (Å²) in [6.45, 7) is 0. The van der Waals surface area contributed by atoms with E-state index in [0.29, 0.717) is 6.10 Å². The highest BCUT2D eigenvalue weighted by Crippen LogP contribution is 2.40. The van der Waals surface area contributed by atoms with Crippen LogP contribution in [0, 0.1) is 5.92 Å². The van der Waals surface area contributed by atoms with Crippen LogP contribution in [-0.4, -0.2) is 6.10 Å². The molecule has 17 heavy (non-hydrogen) atoms. The van der Waals surface area contributed by atoms with Gasteiger partial charge in [-0.05, 0) is 37.0 Å². The van der Waals surface area contributed by atoms with Crippen LogP contribution in [-0.2, 0) is 0 Å². The van der Waals surface area contributed by atoms with E-state index in [4.69, 9.17) is 10.5 Å². The third-order valence-electron chi connectivity index (χ3n) is 4.06. The van der Waals surface area contributed by atoms with Crippen molar-refractivity contribution >= 4 is 15.9 Å². The number of rotatable bonds is 1. The van der Waals surface area contributed by atoms with Crippen LogP contribution >= 0.6 is 15.9 Å². The van der Waals surface area contributed by atoms with Gasteiger partial charge in [-0.25, -0.2) is 0 Å². The van der Waals surface area contributed by atoms with Gasteiger partial charge in [0.1, 0.15) is 11.9 Å². The highest BCUT2D eigenvalue weighted by molar-refractivity contribution is 9.10. The lowest BCUT2D eigenvalue weighted by atomic mass is 9.89. The number of ether oxygens (including phenoxy) is 1. The molecule has 1 heterocycles. The predicted molar refractivity (Wildman–Crippen MR) is 72.1 cm³/mol. The first-order valence-corrected chi connectivity index (χ1v) is 7.25. The maximum atomic E-state index is 6.27. The van der Waals surface area contributed by atoms with Crippen molar-refractivity contribution in [1.82, 2.24) is 0 Å². The van der Waals surface area contributed by atoms with E-state index in [2.05, 4.69) is 22.0 Å². The molecule has 1 saturated carbocycles. The summed E-state index contributed by atoms with van der Waals surface area (Å²) in [6.07, 6.45) is 6.63. The molecular weight excluding hydrogens is 278 g/mol. The van der Waals surface area contributed by atoms with Crippen LogP contribution < -0.4 is 10.5 Å². The summed E-state index contributed by atoms with van der Waals surface area (Å²) in [5.41, 5.74) is 7.42. The van der Waals surface area contributed by atoms with E-state index < -0.39 is 0 Å². The smallest absolute Gasteiger partial charge is 0.124 e. The number of hydrogen-bond donors (Lipinski definition) is 1. The Hall–Kier alpha value is -0.540. The van der Waals surface area contributed by atoms with E-state index in [1.165, 1.54) is 25.7 Å². The fourth-order valence-corrected chi connectivity index (χ4v) is 3.50. The van der Waals surface area contributed by atoms with Crippen LogP contribution in [0.1, 0.15) is 43.7 Å². The topological polar surface area (TPSA) is 35.2 Å². The lowest BCUT2D eigenvalue weighted by Crippen LogP contribution is -2.34. The van der Waals surface area contributed by atoms with Gasteiger partial charge in [0.2, 0.25) is 0 Å². The Labute approximate surface area is 111 Å². The monoisotopic (exact) mass is 295 g/mol. The minimum Gasteiger partial charge on any atom is -0.490 e. The first-order chi connectivity index (χ1) is 8.24. The van der Waals surface area contributed by atoms with Crippen LogP contribution in [0.4, 0.5) is 0 Å². The van der Waals surface area contributed by atoms with Gasteiger partial charge in [0.25, 0.3) is 0 Å². The molecule has 1 unspecified atom stereocenters. The summed E-state index contributed by atoms with van der Waals surface area (Å²) in [5, 5.41) is 0. The van der Waals surface area contributed by atoms with Gasteiger partial charge in [-0.3, -0.25) is 0 Å². The van der Waals surface area contributed by atoms with Gasteiger partial charge in [0.15, 0.2) is 0 Å². The Morgan fingerprint density at radius 1 is 1.24 bits per heavy atom. The molecule has 1 aliphatic heterocycles. The van der Waals surface area contributed by atoms with Gasteiger partial charge in [0.05, 0.1) is 0 Å². The van der Waals surface area contributed by atoms with Crippen LogP contribution in [0.15, 0.2) is 22.7 Å². The summed E-state index contributed by atoms with van der Waals surface area (Å²) in [4.78, 5) is 0. The molecule has 3 rings (SSSR count). The number of nitrogens with two attached hydrogens (primary N) is 1. The number of hydrogen-bond acceptors (Lipinski definition) is 2. The molecule has 0 radical (unpaired) electrons. The normalized spacial score (nSPS) is 28.8. The van der Waals surface area contributed by atoms with E-state index in [9.17, 15) is 0 Å². The van der Waals surface area contributed by atoms with Crippen LogP contribution in [0.3, 0.4) is 0 Å². The quantitative estimate of drug-likeness (QED) is 0.855. The molecule has 2 N–H and O–H groups in total. The van der Waals surface area contributed by atoms with E-state index in [0.717, 1.165) is 28.1 Å². The third kappa shape index (κ3) is 2.23. The number of benzene rings is 1. The highest BCUT2D eigenvalue weighted by Gasteiger charge is 2.33. The number of fused-ring (bicyclic) bond motifs is 1. The maximum absolute atomic E-state index is 6.27. The molecule has 2 aliphatic rings. The minimum absolute atomic E-state index is 0.127. The van der Waals surface area contributed by atoms with Crippen molar-refractivity contribution in [2.24, 2.45) is 11.7 Å². The van der Waals surface area contributed by atoms with Gasteiger partial charge >= 0.3 is 0 Å². The van der Waals surface area contributed by atoms with Crippen molar-refractivity contribution in [3.8, 4) is 5.75 Å². The summed E-state index contributed by atoms with van der Waals surface area (Å²) in [7, 11) is 0. The maximum Gasteiger partial charge on any atom is 0.124 e. The zero-order valence-corrected chi connectivity index (χ0v) is 11.4. The van der Waals surface area contributed by atoms with Crippen molar-refractivity contribution in [1.29, 1.82) is 0 Å². The molecule has 0 aromatic heterocycles. The average molecular weight is 296 g/mol. The zero-order chi connectivity index (χ0) is 11.8. The molecular formula is C14H18BrNO. The van der Waals surface area contributed by atoms with E-state index >= 15 is 0 Å². The van der Waals surface area contributed by atoms with Crippen molar-refractivity contribution in [3.63, 3.8) is 0 Å². The number of halogens is 1. The lowest BCUT2D eigenvalue weighted by molar-refractivity contribution is 0.102. The van der Waals surface area contributed by atoms with E-state index in [1.54, 1.807) is 0 Å². The van der Waals surface area contributed by atoms with Crippen LogP contribution in [0.2, 0.25) is 0 Å². The van der Waals surface area contributed by atoms with Gasteiger partial charge in [0, 0.05) is 22.5 Å². The SMILES string of the molecule is N[C@@H]1CC(C2CCCC2)Oc2ccc(Br)cc21. The van der Waals surface area contributed by atoms with Gasteiger partial charge < -0.3 is 10.5 Å². The van der Waals surface area contributed by atoms with Gasteiger partial charge in [-0.15, -0.1) is 0 Å². The summed E-state index contributed by atoms with van der Waals surface area (Å²) in [5.74, 6) is 1.71. The molecule has 1 aliphatic carbocycles. The second-order valence-corrected chi connectivity index (χ2v) is 6.14. The Bertz CT molecular complexity index is 415. The molecule has 3 heteroatoms. The first-order valence-electron chi connectivity index (χ1n) is 6.46. The standard InChI is InChI=1S/C14H18BrNO/c15-10-5-6-13-11(7-10)12(16)8-14(17-13)9-3-1-2-4-9/h5-7,9,12,14H,1-4,8,16H2/t12-,14?/m1/s1. The summed E-state index contributed by atoms with van der Waals surface area (Å²) in [6, 6.07) is 6.29. The van der Waals surface area contributed by atoms with E-state index in [1.807, 2.05) is 12.1 Å². The molecule has 1 aromatic rings. The summed E-state index contributed by atoms with van der Waals surface area (Å²) >= 11 is 3.49. The predicted octanol–water partition coefficient (Wildman–Crippen LogP) is 3.79.